The summed E-state index contributed by atoms with van der Waals surface area (Å²) in [6.45, 7) is 5.93. The lowest BCUT2D eigenvalue weighted by Gasteiger charge is -2.10. The van der Waals surface area contributed by atoms with Crippen LogP contribution in [0.15, 0.2) is 11.4 Å². The fraction of sp³-hybridized carbons (Fsp3) is 0.692. The zero-order valence-corrected chi connectivity index (χ0v) is 12.9. The van der Waals surface area contributed by atoms with Crippen LogP contribution in [0.25, 0.3) is 0 Å². The quantitative estimate of drug-likeness (QED) is 0.653. The molecule has 0 saturated carbocycles. The Morgan fingerprint density at radius 1 is 1.41 bits per heavy atom. The second-order valence-electron chi connectivity index (χ2n) is 4.75. The summed E-state index contributed by atoms with van der Waals surface area (Å²) in [7, 11) is -0.460. The van der Waals surface area contributed by atoms with Crippen molar-refractivity contribution >= 4 is 27.7 Å². The highest BCUT2D eigenvalue weighted by Gasteiger charge is 2.30. The lowest BCUT2D eigenvalue weighted by molar-refractivity contribution is 0.111. The van der Waals surface area contributed by atoms with Gasteiger partial charge in [0.2, 0.25) is 6.35 Å². The molecule has 0 saturated heterocycles. The summed E-state index contributed by atoms with van der Waals surface area (Å²) in [6.07, 6.45) is 10.9. The van der Waals surface area contributed by atoms with E-state index in [0.717, 1.165) is 24.1 Å². The van der Waals surface area contributed by atoms with E-state index in [4.69, 9.17) is 4.74 Å². The molecular formula is C13H23FOP2+2. The van der Waals surface area contributed by atoms with E-state index < -0.39 is 0 Å². The van der Waals surface area contributed by atoms with Crippen molar-refractivity contribution in [3.63, 3.8) is 0 Å². The number of hydrogen-bond acceptors (Lipinski definition) is 1. The fourth-order valence-corrected chi connectivity index (χ4v) is 5.74. The van der Waals surface area contributed by atoms with E-state index in [1.165, 1.54) is 0 Å². The zero-order valence-electron chi connectivity index (χ0n) is 11.1. The van der Waals surface area contributed by atoms with Gasteiger partial charge in [-0.15, -0.1) is 0 Å². The first-order valence-electron chi connectivity index (χ1n) is 6.04. The topological polar surface area (TPSA) is 9.23 Å². The van der Waals surface area contributed by atoms with Crippen LogP contribution in [0.4, 0.5) is 4.39 Å². The summed E-state index contributed by atoms with van der Waals surface area (Å²) in [5, 5.41) is 0. The molecule has 0 bridgehead atoms. The van der Waals surface area contributed by atoms with Gasteiger partial charge in [-0.1, -0.05) is 6.92 Å². The van der Waals surface area contributed by atoms with Crippen molar-refractivity contribution in [2.75, 3.05) is 18.4 Å². The van der Waals surface area contributed by atoms with Gasteiger partial charge in [0.15, 0.2) is 7.55 Å². The Kier molecular flexibility index (Phi) is 6.00. The first-order valence-corrected chi connectivity index (χ1v) is 9.83. The minimum atomic E-state index is -0.341. The Balaban J connectivity index is 2.38. The van der Waals surface area contributed by atoms with Crippen molar-refractivity contribution in [1.29, 1.82) is 0 Å². The summed E-state index contributed by atoms with van der Waals surface area (Å²) in [5.74, 6) is 1.15. The summed E-state index contributed by atoms with van der Waals surface area (Å²) in [4.78, 5) is 0. The smallest absolute Gasteiger partial charge is 0.254 e. The number of ether oxygens (including phenoxy) is 1. The maximum absolute atomic E-state index is 13.5. The maximum Gasteiger partial charge on any atom is 0.254 e. The summed E-state index contributed by atoms with van der Waals surface area (Å²) in [6, 6.07) is 0. The van der Waals surface area contributed by atoms with Gasteiger partial charge in [0.05, 0.1) is 18.7 Å². The van der Waals surface area contributed by atoms with Gasteiger partial charge in [-0.2, -0.15) is 0 Å². The van der Waals surface area contributed by atoms with Gasteiger partial charge in [0, 0.05) is 5.92 Å². The molecule has 96 valence electrons. The standard InChI is InChI=1S/C13H23FOP2/c1-6-16(4)9-17(5)8-15-12-7-10(2)13(14)11(12)3/h10,12H,4-9H2,1-3H3/q+2/t10-,12+/m1/s1. The van der Waals surface area contributed by atoms with Crippen LogP contribution in [0, 0.1) is 5.92 Å². The monoisotopic (exact) mass is 276 g/mol. The third-order valence-corrected chi connectivity index (χ3v) is 7.77. The molecular weight excluding hydrogens is 253 g/mol. The Morgan fingerprint density at radius 3 is 2.53 bits per heavy atom. The Labute approximate surface area is 106 Å². The van der Waals surface area contributed by atoms with E-state index in [1.807, 2.05) is 13.8 Å². The van der Waals surface area contributed by atoms with Crippen molar-refractivity contribution in [2.45, 2.75) is 33.3 Å². The highest BCUT2D eigenvalue weighted by atomic mass is 31.2. The molecule has 0 aromatic rings. The van der Waals surface area contributed by atoms with Crippen LogP contribution in [0.1, 0.15) is 27.2 Å². The van der Waals surface area contributed by atoms with Crippen LogP contribution in [-0.4, -0.2) is 37.1 Å². The van der Waals surface area contributed by atoms with Crippen LogP contribution in [0.2, 0.25) is 0 Å². The molecule has 1 aliphatic carbocycles. The van der Waals surface area contributed by atoms with E-state index >= 15 is 0 Å². The summed E-state index contributed by atoms with van der Waals surface area (Å²) < 4.78 is 19.3. The van der Waals surface area contributed by atoms with Gasteiger partial charge in [0.25, 0.3) is 5.90 Å². The molecule has 0 N–H and O–H groups in total. The third kappa shape index (κ3) is 4.28. The lowest BCUT2D eigenvalue weighted by atomic mass is 10.1. The van der Waals surface area contributed by atoms with Crippen molar-refractivity contribution in [2.24, 2.45) is 5.92 Å². The Hall–Kier alpha value is -0.0300. The number of rotatable bonds is 6. The average molecular weight is 276 g/mol. The van der Waals surface area contributed by atoms with Gasteiger partial charge in [-0.05, 0) is 25.8 Å². The van der Waals surface area contributed by atoms with Gasteiger partial charge in [-0.25, -0.2) is 4.39 Å². The predicted molar refractivity (Wildman–Crippen MR) is 80.8 cm³/mol. The fourth-order valence-electron chi connectivity index (χ4n) is 1.96. The molecule has 17 heavy (non-hydrogen) atoms. The molecule has 0 heterocycles. The molecule has 0 fully saturated rings. The van der Waals surface area contributed by atoms with Crippen molar-refractivity contribution in [3.05, 3.63) is 11.4 Å². The van der Waals surface area contributed by atoms with Crippen LogP contribution in [-0.2, 0) is 4.74 Å². The highest BCUT2D eigenvalue weighted by molar-refractivity contribution is 7.72. The predicted octanol–water partition coefficient (Wildman–Crippen LogP) is 4.42. The molecule has 4 atom stereocenters. The van der Waals surface area contributed by atoms with Gasteiger partial charge < -0.3 is 4.74 Å². The number of halogens is 1. The molecule has 4 heteroatoms. The molecule has 1 aliphatic rings. The number of allylic oxidation sites excluding steroid dienone is 1. The largest absolute Gasteiger partial charge is 0.332 e. The van der Waals surface area contributed by atoms with Gasteiger partial charge in [-0.3, -0.25) is 0 Å². The van der Waals surface area contributed by atoms with E-state index in [1.54, 1.807) is 0 Å². The third-order valence-electron chi connectivity index (χ3n) is 3.17. The van der Waals surface area contributed by atoms with Crippen molar-refractivity contribution < 1.29 is 9.13 Å². The summed E-state index contributed by atoms with van der Waals surface area (Å²) in [5.41, 5.74) is 0.785. The molecule has 0 radical (unpaired) electrons. The molecule has 1 rings (SSSR count). The van der Waals surface area contributed by atoms with Crippen LogP contribution < -0.4 is 0 Å². The normalized spacial score (nSPS) is 26.4. The van der Waals surface area contributed by atoms with Crippen LogP contribution in [0.5, 0.6) is 0 Å². The molecule has 0 aliphatic heterocycles. The van der Waals surface area contributed by atoms with E-state index in [-0.39, 0.29) is 32.9 Å². The van der Waals surface area contributed by atoms with Crippen molar-refractivity contribution in [3.8, 4) is 0 Å². The average Bonchev–Trinajstić information content (AvgIpc) is 2.54. The minimum absolute atomic E-state index is 0.0191. The lowest BCUT2D eigenvalue weighted by Crippen LogP contribution is -2.11. The summed E-state index contributed by atoms with van der Waals surface area (Å²) >= 11 is 0. The molecule has 1 nitrogen and oxygen atoms in total. The molecule has 0 amide bonds. The van der Waals surface area contributed by atoms with E-state index in [9.17, 15) is 4.39 Å². The molecule has 0 spiro atoms. The Bertz CT molecular complexity index is 349. The van der Waals surface area contributed by atoms with Crippen LogP contribution in [0.3, 0.4) is 0 Å². The van der Waals surface area contributed by atoms with E-state index in [2.05, 4.69) is 19.5 Å². The SMILES string of the molecule is C=[P+](CC)C[P+](=C)CO[C@H]1C[C@@H](C)C(F)=C1C. The maximum atomic E-state index is 13.5. The minimum Gasteiger partial charge on any atom is -0.332 e. The second kappa shape index (κ2) is 6.78. The molecule has 0 aromatic heterocycles. The molecule has 2 unspecified atom stereocenters. The highest BCUT2D eigenvalue weighted by Crippen LogP contribution is 2.38. The molecule has 0 aromatic carbocycles. The van der Waals surface area contributed by atoms with Gasteiger partial charge in [0.1, 0.15) is 19.5 Å². The zero-order chi connectivity index (χ0) is 13.0. The first kappa shape index (κ1) is 15.0. The Morgan fingerprint density at radius 2 is 2.06 bits per heavy atom. The second-order valence-corrected chi connectivity index (χ2v) is 9.46. The van der Waals surface area contributed by atoms with E-state index in [0.29, 0.717) is 6.35 Å². The first-order chi connectivity index (χ1) is 7.95. The van der Waals surface area contributed by atoms with Crippen LogP contribution >= 0.6 is 15.1 Å². The van der Waals surface area contributed by atoms with Gasteiger partial charge >= 0.3 is 0 Å². The number of hydrogen-bond donors (Lipinski definition) is 0. The van der Waals surface area contributed by atoms with Crippen molar-refractivity contribution in [1.82, 2.24) is 0 Å².